The maximum absolute atomic E-state index is 13.6. The van der Waals surface area contributed by atoms with Crippen LogP contribution in [-0.2, 0) is 23.9 Å². The summed E-state index contributed by atoms with van der Waals surface area (Å²) in [5.41, 5.74) is 8.05. The second-order valence-corrected chi connectivity index (χ2v) is 8.72. The summed E-state index contributed by atoms with van der Waals surface area (Å²) < 4.78 is 11.4. The monoisotopic (exact) mass is 464 g/mol. The molecule has 2 heterocycles. The van der Waals surface area contributed by atoms with Crippen molar-refractivity contribution >= 4 is 29.6 Å². The molecule has 170 valence electrons. The summed E-state index contributed by atoms with van der Waals surface area (Å²) in [6, 6.07) is 18.1. The van der Waals surface area contributed by atoms with Gasteiger partial charge in [0.15, 0.2) is 6.10 Å². The van der Waals surface area contributed by atoms with Gasteiger partial charge in [-0.1, -0.05) is 60.7 Å². The highest BCUT2D eigenvalue weighted by atomic mass is 32.2. The highest BCUT2D eigenvalue weighted by Gasteiger charge is 2.53. The maximum atomic E-state index is 13.6. The summed E-state index contributed by atoms with van der Waals surface area (Å²) in [6.07, 6.45) is 0.913. The molecule has 7 nitrogen and oxygen atoms in total. The predicted molar refractivity (Wildman–Crippen MR) is 124 cm³/mol. The van der Waals surface area contributed by atoms with Crippen LogP contribution in [0.1, 0.15) is 31.1 Å². The zero-order valence-corrected chi connectivity index (χ0v) is 19.1. The zero-order valence-electron chi connectivity index (χ0n) is 18.3. The molecule has 1 amide bonds. The van der Waals surface area contributed by atoms with Gasteiger partial charge in [0, 0.05) is 18.2 Å². The highest BCUT2D eigenvalue weighted by Crippen LogP contribution is 2.42. The number of nitrogens with two attached hydrogens (primary N) is 1. The van der Waals surface area contributed by atoms with E-state index in [4.69, 9.17) is 15.2 Å². The molecule has 1 fully saturated rings. The number of amides is 1. The molecule has 0 saturated carbocycles. The Morgan fingerprint density at radius 2 is 1.67 bits per heavy atom. The van der Waals surface area contributed by atoms with Crippen LogP contribution in [0.3, 0.4) is 0 Å². The van der Waals surface area contributed by atoms with Crippen LogP contribution >= 0.6 is 11.8 Å². The molecular weight excluding hydrogens is 440 g/mol. The molecule has 4 rings (SSSR count). The molecule has 2 N–H and O–H groups in total. The molecule has 8 heteroatoms. The molecule has 0 radical (unpaired) electrons. The van der Waals surface area contributed by atoms with E-state index in [1.165, 1.54) is 23.6 Å². The first-order valence-electron chi connectivity index (χ1n) is 10.5. The van der Waals surface area contributed by atoms with Crippen LogP contribution in [0, 0.1) is 0 Å². The standard InChI is InChI=1S/C25H24N2O5S/c1-3-19(31-15(2)28)18-14-33-24-20(26)23(29)27(24)21(18)25(30)32-22(16-10-6-4-7-11-16)17-12-8-5-9-13-17/h3-13,20,22,24H,14,26H2,1-2H3/b19-3+/t20?,24-/m1/s1. The van der Waals surface area contributed by atoms with Crippen LogP contribution in [0.15, 0.2) is 83.8 Å². The van der Waals surface area contributed by atoms with Gasteiger partial charge in [0.25, 0.3) is 0 Å². The number of nitrogens with zero attached hydrogens (tertiary/aromatic N) is 1. The first-order valence-corrected chi connectivity index (χ1v) is 11.6. The van der Waals surface area contributed by atoms with E-state index in [0.717, 1.165) is 11.1 Å². The lowest BCUT2D eigenvalue weighted by atomic mass is 10.0. The molecule has 1 saturated heterocycles. The van der Waals surface area contributed by atoms with Gasteiger partial charge in [-0.3, -0.25) is 14.5 Å². The van der Waals surface area contributed by atoms with Gasteiger partial charge in [0.1, 0.15) is 22.9 Å². The topological polar surface area (TPSA) is 98.9 Å². The summed E-state index contributed by atoms with van der Waals surface area (Å²) in [7, 11) is 0. The first kappa shape index (κ1) is 22.8. The molecular formula is C25H24N2O5S. The van der Waals surface area contributed by atoms with Gasteiger partial charge in [0.05, 0.1) is 0 Å². The number of carbonyl (C=O) groups excluding carboxylic acids is 3. The Kier molecular flexibility index (Phi) is 6.67. The second kappa shape index (κ2) is 9.64. The number of esters is 2. The van der Waals surface area contributed by atoms with Crippen molar-refractivity contribution in [2.75, 3.05) is 5.75 Å². The molecule has 0 spiro atoms. The molecule has 2 aromatic carbocycles. The van der Waals surface area contributed by atoms with Gasteiger partial charge in [-0.15, -0.1) is 11.8 Å². The number of hydrogen-bond donors (Lipinski definition) is 1. The van der Waals surface area contributed by atoms with Crippen LogP contribution in [0.5, 0.6) is 0 Å². The van der Waals surface area contributed by atoms with E-state index in [2.05, 4.69) is 0 Å². The number of ether oxygens (including phenoxy) is 2. The quantitative estimate of drug-likeness (QED) is 0.398. The number of fused-ring (bicyclic) bond motifs is 1. The van der Waals surface area contributed by atoms with Crippen molar-refractivity contribution in [2.45, 2.75) is 31.4 Å². The van der Waals surface area contributed by atoms with Gasteiger partial charge in [-0.25, -0.2) is 4.79 Å². The van der Waals surface area contributed by atoms with Gasteiger partial charge in [-0.05, 0) is 24.1 Å². The van der Waals surface area contributed by atoms with E-state index in [1.807, 2.05) is 60.7 Å². The smallest absolute Gasteiger partial charge is 0.356 e. The molecule has 1 unspecified atom stereocenters. The third-order valence-electron chi connectivity index (χ3n) is 5.45. The Morgan fingerprint density at radius 1 is 1.09 bits per heavy atom. The molecule has 0 aromatic heterocycles. The summed E-state index contributed by atoms with van der Waals surface area (Å²) in [5.74, 6) is -0.996. The third-order valence-corrected chi connectivity index (χ3v) is 6.75. The predicted octanol–water partition coefficient (Wildman–Crippen LogP) is 3.28. The third kappa shape index (κ3) is 4.44. The molecule has 2 aromatic rings. The average Bonchev–Trinajstić information content (AvgIpc) is 2.85. The maximum Gasteiger partial charge on any atom is 0.356 e. The fraction of sp³-hybridized carbons (Fsp3) is 0.240. The lowest BCUT2D eigenvalue weighted by molar-refractivity contribution is -0.153. The van der Waals surface area contributed by atoms with Gasteiger partial charge in [0.2, 0.25) is 5.91 Å². The Hall–Kier alpha value is -3.36. The van der Waals surface area contributed by atoms with Crippen molar-refractivity contribution in [1.82, 2.24) is 4.90 Å². The molecule has 0 bridgehead atoms. The van der Waals surface area contributed by atoms with Crippen LogP contribution < -0.4 is 5.73 Å². The van der Waals surface area contributed by atoms with Crippen LogP contribution in [0.2, 0.25) is 0 Å². The Bertz CT molecular complexity index is 1090. The van der Waals surface area contributed by atoms with Gasteiger partial charge >= 0.3 is 11.9 Å². The minimum absolute atomic E-state index is 0.0664. The van der Waals surface area contributed by atoms with Crippen molar-refractivity contribution in [3.8, 4) is 0 Å². The normalized spacial score (nSPS) is 20.3. The minimum atomic E-state index is -0.693. The number of allylic oxidation sites excluding steroid dienone is 2. The van der Waals surface area contributed by atoms with E-state index in [9.17, 15) is 14.4 Å². The van der Waals surface area contributed by atoms with E-state index in [0.29, 0.717) is 11.3 Å². The van der Waals surface area contributed by atoms with Crippen molar-refractivity contribution in [3.05, 3.63) is 94.9 Å². The Labute approximate surface area is 196 Å². The first-order chi connectivity index (χ1) is 15.9. The van der Waals surface area contributed by atoms with Crippen molar-refractivity contribution in [2.24, 2.45) is 5.73 Å². The van der Waals surface area contributed by atoms with E-state index < -0.39 is 24.1 Å². The van der Waals surface area contributed by atoms with Gasteiger partial charge < -0.3 is 15.2 Å². The zero-order chi connectivity index (χ0) is 23.5. The molecule has 0 aliphatic carbocycles. The Morgan fingerprint density at radius 3 is 2.18 bits per heavy atom. The van der Waals surface area contributed by atoms with Crippen molar-refractivity contribution < 1.29 is 23.9 Å². The lowest BCUT2D eigenvalue weighted by Gasteiger charge is -2.48. The average molecular weight is 465 g/mol. The van der Waals surface area contributed by atoms with Crippen LogP contribution in [0.25, 0.3) is 0 Å². The number of rotatable bonds is 6. The van der Waals surface area contributed by atoms with E-state index >= 15 is 0 Å². The number of carbonyl (C=O) groups is 3. The molecule has 2 atom stereocenters. The largest absolute Gasteiger partial charge is 0.448 e. The van der Waals surface area contributed by atoms with E-state index in [1.54, 1.807) is 13.0 Å². The Balaban J connectivity index is 1.76. The molecule has 2 aliphatic rings. The SMILES string of the molecule is C/C=C(/OC(C)=O)C1=C(C(=O)OC(c2ccccc2)c2ccccc2)N2C(=O)C(N)[C@H]2SC1. The van der Waals surface area contributed by atoms with Crippen LogP contribution in [-0.4, -0.2) is 39.9 Å². The summed E-state index contributed by atoms with van der Waals surface area (Å²) in [6.45, 7) is 2.98. The molecule has 2 aliphatic heterocycles. The molecule has 33 heavy (non-hydrogen) atoms. The highest BCUT2D eigenvalue weighted by molar-refractivity contribution is 8.00. The summed E-state index contributed by atoms with van der Waals surface area (Å²) >= 11 is 1.42. The van der Waals surface area contributed by atoms with E-state index in [-0.39, 0.29) is 22.7 Å². The number of thioether (sulfide) groups is 1. The minimum Gasteiger partial charge on any atom is -0.448 e. The summed E-state index contributed by atoms with van der Waals surface area (Å²) in [4.78, 5) is 39.3. The fourth-order valence-electron chi connectivity index (χ4n) is 3.89. The fourth-order valence-corrected chi connectivity index (χ4v) is 5.19. The van der Waals surface area contributed by atoms with Crippen LogP contribution in [0.4, 0.5) is 0 Å². The number of benzene rings is 2. The lowest BCUT2D eigenvalue weighted by Crippen LogP contribution is -2.68. The number of β-lactam (4-membered cyclic amide) rings is 1. The van der Waals surface area contributed by atoms with Gasteiger partial charge in [-0.2, -0.15) is 0 Å². The second-order valence-electron chi connectivity index (χ2n) is 7.62. The number of hydrogen-bond acceptors (Lipinski definition) is 7. The van der Waals surface area contributed by atoms with Crippen molar-refractivity contribution in [3.63, 3.8) is 0 Å². The summed E-state index contributed by atoms with van der Waals surface area (Å²) in [5, 5.41) is -0.369. The van der Waals surface area contributed by atoms with Crippen molar-refractivity contribution in [1.29, 1.82) is 0 Å².